The SMILES string of the molecule is O=C(NNCC1(O)CCCCC1)[C@@]1(Cc2ccccc2Br)N=C(c2ccc(OCCCO)cc2)O[C@H]1c1ccccc1. The Balaban J connectivity index is 1.49. The summed E-state index contributed by atoms with van der Waals surface area (Å²) in [6.45, 7) is 0.745. The van der Waals surface area contributed by atoms with Crippen molar-refractivity contribution in [2.45, 2.75) is 62.2 Å². The zero-order chi connectivity index (χ0) is 29.4. The Morgan fingerprint density at radius 1 is 1.00 bits per heavy atom. The van der Waals surface area contributed by atoms with Crippen LogP contribution in [0, 0.1) is 0 Å². The highest BCUT2D eigenvalue weighted by molar-refractivity contribution is 9.10. The number of nitrogens with zero attached hydrogens (tertiary/aromatic N) is 1. The zero-order valence-electron chi connectivity index (χ0n) is 23.6. The van der Waals surface area contributed by atoms with Crippen molar-refractivity contribution in [2.24, 2.45) is 4.99 Å². The van der Waals surface area contributed by atoms with Crippen molar-refractivity contribution in [1.29, 1.82) is 0 Å². The summed E-state index contributed by atoms with van der Waals surface area (Å²) in [5.74, 6) is 0.692. The minimum atomic E-state index is -1.35. The molecule has 5 rings (SSSR count). The first-order valence-corrected chi connectivity index (χ1v) is 15.4. The number of hydrogen-bond acceptors (Lipinski definition) is 7. The van der Waals surface area contributed by atoms with Gasteiger partial charge in [0.25, 0.3) is 5.91 Å². The molecule has 1 aliphatic carbocycles. The zero-order valence-corrected chi connectivity index (χ0v) is 25.2. The van der Waals surface area contributed by atoms with Crippen molar-refractivity contribution in [3.63, 3.8) is 0 Å². The summed E-state index contributed by atoms with van der Waals surface area (Å²) in [5, 5.41) is 20.0. The van der Waals surface area contributed by atoms with E-state index >= 15 is 0 Å². The molecule has 0 saturated heterocycles. The van der Waals surface area contributed by atoms with Gasteiger partial charge in [-0.15, -0.1) is 0 Å². The van der Waals surface area contributed by atoms with E-state index < -0.39 is 17.2 Å². The summed E-state index contributed by atoms with van der Waals surface area (Å²) >= 11 is 3.66. The first-order valence-electron chi connectivity index (χ1n) is 14.6. The van der Waals surface area contributed by atoms with E-state index in [1.54, 1.807) is 0 Å². The van der Waals surface area contributed by atoms with Crippen LogP contribution in [0.15, 0.2) is 88.3 Å². The van der Waals surface area contributed by atoms with Gasteiger partial charge in [-0.25, -0.2) is 10.4 Å². The molecule has 1 fully saturated rings. The Morgan fingerprint density at radius 3 is 2.43 bits per heavy atom. The van der Waals surface area contributed by atoms with Gasteiger partial charge in [-0.05, 0) is 54.3 Å². The van der Waals surface area contributed by atoms with Gasteiger partial charge >= 0.3 is 0 Å². The molecule has 0 spiro atoms. The van der Waals surface area contributed by atoms with E-state index in [2.05, 4.69) is 26.8 Å². The second-order valence-electron chi connectivity index (χ2n) is 11.1. The predicted molar refractivity (Wildman–Crippen MR) is 165 cm³/mol. The van der Waals surface area contributed by atoms with E-state index in [4.69, 9.17) is 19.6 Å². The summed E-state index contributed by atoms with van der Waals surface area (Å²) in [6.07, 6.45) is 4.59. The molecule has 222 valence electrons. The van der Waals surface area contributed by atoms with E-state index in [1.807, 2.05) is 78.9 Å². The van der Waals surface area contributed by atoms with Crippen LogP contribution >= 0.6 is 15.9 Å². The Labute approximate surface area is 255 Å². The monoisotopic (exact) mass is 635 g/mol. The number of rotatable bonds is 12. The topological polar surface area (TPSA) is 112 Å². The first-order chi connectivity index (χ1) is 20.4. The van der Waals surface area contributed by atoms with Gasteiger partial charge in [-0.3, -0.25) is 10.2 Å². The van der Waals surface area contributed by atoms with Gasteiger partial charge in [0.05, 0.1) is 12.2 Å². The molecule has 0 unspecified atom stereocenters. The van der Waals surface area contributed by atoms with Crippen LogP contribution in [0.3, 0.4) is 0 Å². The van der Waals surface area contributed by atoms with E-state index in [-0.39, 0.29) is 25.5 Å². The first kappa shape index (κ1) is 30.2. The normalized spacial score (nSPS) is 21.3. The van der Waals surface area contributed by atoms with Crippen molar-refractivity contribution in [3.05, 3.63) is 100 Å². The molecule has 0 aromatic heterocycles. The van der Waals surface area contributed by atoms with Crippen LogP contribution in [0.1, 0.15) is 61.3 Å². The van der Waals surface area contributed by atoms with Gasteiger partial charge in [0, 0.05) is 36.0 Å². The molecule has 42 heavy (non-hydrogen) atoms. The molecule has 3 aromatic carbocycles. The fourth-order valence-electron chi connectivity index (χ4n) is 5.63. The van der Waals surface area contributed by atoms with Crippen molar-refractivity contribution < 1.29 is 24.5 Å². The lowest BCUT2D eigenvalue weighted by molar-refractivity contribution is -0.130. The molecule has 0 bridgehead atoms. The standard InChI is InChI=1S/C33H38BrN3O5/c34-28-13-6-5-12-26(28)22-33(31(39)37-35-23-32(40)18-7-2-8-19-32)29(24-10-3-1-4-11-24)42-30(36-33)25-14-16-27(17-15-25)41-21-9-20-38/h1,3-6,10-17,29,35,38,40H,2,7-9,18-23H2,(H,37,39)/t29-,33-/m0/s1. The van der Waals surface area contributed by atoms with E-state index in [9.17, 15) is 9.90 Å². The third kappa shape index (κ3) is 7.03. The summed E-state index contributed by atoms with van der Waals surface area (Å²) in [6, 6.07) is 24.8. The maximum Gasteiger partial charge on any atom is 0.266 e. The van der Waals surface area contributed by atoms with Gasteiger partial charge in [0.15, 0.2) is 11.6 Å². The molecule has 8 nitrogen and oxygen atoms in total. The molecule has 9 heteroatoms. The fraction of sp³-hybridized carbons (Fsp3) is 0.394. The second-order valence-corrected chi connectivity index (χ2v) is 11.9. The molecule has 4 N–H and O–H groups in total. The molecule has 0 radical (unpaired) electrons. The van der Waals surface area contributed by atoms with Crippen LogP contribution in [0.4, 0.5) is 0 Å². The van der Waals surface area contributed by atoms with Crippen molar-refractivity contribution in [3.8, 4) is 5.75 Å². The highest BCUT2D eigenvalue weighted by atomic mass is 79.9. The molecule has 2 atom stereocenters. The van der Waals surface area contributed by atoms with Crippen LogP contribution in [-0.2, 0) is 16.0 Å². The van der Waals surface area contributed by atoms with Crippen LogP contribution < -0.4 is 15.6 Å². The van der Waals surface area contributed by atoms with E-state index in [0.29, 0.717) is 37.5 Å². The number of benzene rings is 3. The van der Waals surface area contributed by atoms with Gasteiger partial charge in [0.1, 0.15) is 5.75 Å². The molecule has 2 aliphatic rings. The number of aliphatic hydroxyl groups is 2. The van der Waals surface area contributed by atoms with Crippen molar-refractivity contribution in [2.75, 3.05) is 19.8 Å². The van der Waals surface area contributed by atoms with Gasteiger partial charge in [0.2, 0.25) is 5.90 Å². The van der Waals surface area contributed by atoms with Crippen LogP contribution in [0.5, 0.6) is 5.75 Å². The Kier molecular flexibility index (Phi) is 9.95. The lowest BCUT2D eigenvalue weighted by Crippen LogP contribution is -2.56. The van der Waals surface area contributed by atoms with Crippen LogP contribution in [0.25, 0.3) is 0 Å². The average molecular weight is 637 g/mol. The number of hydrogen-bond donors (Lipinski definition) is 4. The van der Waals surface area contributed by atoms with Gasteiger partial charge < -0.3 is 19.7 Å². The Hall–Kier alpha value is -3.24. The summed E-state index contributed by atoms with van der Waals surface area (Å²) < 4.78 is 13.1. The minimum absolute atomic E-state index is 0.0689. The molecule has 1 amide bonds. The number of aliphatic imine (C=N–C) groups is 1. The second kappa shape index (κ2) is 13.8. The maximum atomic E-state index is 14.3. The van der Waals surface area contributed by atoms with Crippen molar-refractivity contribution >= 4 is 27.7 Å². The average Bonchev–Trinajstić information content (AvgIpc) is 3.40. The predicted octanol–water partition coefficient (Wildman–Crippen LogP) is 5.03. The van der Waals surface area contributed by atoms with Crippen molar-refractivity contribution in [1.82, 2.24) is 10.9 Å². The molecular weight excluding hydrogens is 598 g/mol. The largest absolute Gasteiger partial charge is 0.494 e. The number of nitrogens with one attached hydrogen (secondary N) is 2. The number of carbonyl (C=O) groups is 1. The van der Waals surface area contributed by atoms with E-state index in [0.717, 1.165) is 40.4 Å². The minimum Gasteiger partial charge on any atom is -0.494 e. The molecule has 3 aromatic rings. The Bertz CT molecular complexity index is 1360. The van der Waals surface area contributed by atoms with Gasteiger partial charge in [-0.2, -0.15) is 0 Å². The van der Waals surface area contributed by atoms with E-state index in [1.165, 1.54) is 0 Å². The summed E-state index contributed by atoms with van der Waals surface area (Å²) in [7, 11) is 0. The van der Waals surface area contributed by atoms with Crippen LogP contribution in [-0.4, -0.2) is 52.9 Å². The number of halogens is 1. The summed E-state index contributed by atoms with van der Waals surface area (Å²) in [4.78, 5) is 19.3. The Morgan fingerprint density at radius 2 is 1.71 bits per heavy atom. The number of amides is 1. The summed E-state index contributed by atoms with van der Waals surface area (Å²) in [5.41, 5.74) is 6.20. The lowest BCUT2D eigenvalue weighted by atomic mass is 9.82. The molecule has 1 saturated carbocycles. The number of carbonyl (C=O) groups excluding carboxylic acids is 1. The lowest BCUT2D eigenvalue weighted by Gasteiger charge is -2.34. The number of ether oxygens (including phenoxy) is 2. The third-order valence-corrected chi connectivity index (χ3v) is 8.73. The molecular formula is C33H38BrN3O5. The quantitative estimate of drug-likeness (QED) is 0.164. The smallest absolute Gasteiger partial charge is 0.266 e. The highest BCUT2D eigenvalue weighted by Gasteiger charge is 2.53. The number of hydrazine groups is 1. The third-order valence-electron chi connectivity index (χ3n) is 7.95. The van der Waals surface area contributed by atoms with Crippen LogP contribution in [0.2, 0.25) is 0 Å². The van der Waals surface area contributed by atoms with Gasteiger partial charge in [-0.1, -0.05) is 83.7 Å². The molecule has 1 heterocycles. The highest BCUT2D eigenvalue weighted by Crippen LogP contribution is 2.43. The fourth-order valence-corrected chi connectivity index (χ4v) is 6.05. The number of aliphatic hydroxyl groups excluding tert-OH is 1. The maximum absolute atomic E-state index is 14.3. The molecule has 1 aliphatic heterocycles.